The molecule has 3 aromatic carbocycles. The summed E-state index contributed by atoms with van der Waals surface area (Å²) in [6, 6.07) is 18.3. The van der Waals surface area contributed by atoms with Gasteiger partial charge in [0.15, 0.2) is 5.78 Å². The third-order valence-corrected chi connectivity index (χ3v) is 6.24. The maximum Gasteiger partial charge on any atom is 0.261 e. The highest BCUT2D eigenvalue weighted by molar-refractivity contribution is 7.92. The average Bonchev–Trinajstić information content (AvgIpc) is 3.11. The molecule has 2 N–H and O–H groups in total. The van der Waals surface area contributed by atoms with Gasteiger partial charge in [0.2, 0.25) is 0 Å². The van der Waals surface area contributed by atoms with Crippen molar-refractivity contribution in [2.45, 2.75) is 11.8 Å². The van der Waals surface area contributed by atoms with Gasteiger partial charge in [-0.2, -0.15) is 5.10 Å². The molecule has 0 aliphatic rings. The number of hydrogen-bond acceptors (Lipinski definition) is 4. The Bertz CT molecular complexity index is 1330. The first-order valence-corrected chi connectivity index (χ1v) is 10.6. The number of halogens is 1. The fourth-order valence-electron chi connectivity index (χ4n) is 3.02. The number of nitrogens with one attached hydrogen (secondary N) is 2. The number of carbonyl (C=O) groups excluding carboxylic acids is 1. The van der Waals surface area contributed by atoms with Gasteiger partial charge in [-0.25, -0.2) is 8.42 Å². The third-order valence-electron chi connectivity index (χ3n) is 4.52. The number of fused-ring (bicyclic) bond motifs is 1. The van der Waals surface area contributed by atoms with E-state index in [9.17, 15) is 13.2 Å². The molecule has 0 amide bonds. The summed E-state index contributed by atoms with van der Waals surface area (Å²) in [5, 5.41) is 8.66. The van der Waals surface area contributed by atoms with E-state index >= 15 is 0 Å². The van der Waals surface area contributed by atoms with Crippen molar-refractivity contribution in [3.8, 4) is 11.3 Å². The van der Waals surface area contributed by atoms with Crippen LogP contribution >= 0.6 is 11.6 Å². The minimum atomic E-state index is -3.79. The molecule has 29 heavy (non-hydrogen) atoms. The van der Waals surface area contributed by atoms with E-state index in [2.05, 4.69) is 14.9 Å². The predicted molar refractivity (Wildman–Crippen MR) is 114 cm³/mol. The molecular weight excluding hydrogens is 410 g/mol. The summed E-state index contributed by atoms with van der Waals surface area (Å²) < 4.78 is 27.9. The van der Waals surface area contributed by atoms with Gasteiger partial charge in [-0.05, 0) is 43.3 Å². The van der Waals surface area contributed by atoms with Crippen LogP contribution in [0.1, 0.15) is 17.3 Å². The van der Waals surface area contributed by atoms with Gasteiger partial charge in [0.1, 0.15) is 5.69 Å². The lowest BCUT2D eigenvalue weighted by molar-refractivity contribution is 0.101. The second kappa shape index (κ2) is 7.35. The fourth-order valence-corrected chi connectivity index (χ4v) is 4.30. The maximum atomic E-state index is 12.7. The minimum Gasteiger partial charge on any atom is -0.295 e. The zero-order valence-corrected chi connectivity index (χ0v) is 16.9. The van der Waals surface area contributed by atoms with Crippen LogP contribution in [0.25, 0.3) is 22.2 Å². The normalized spacial score (nSPS) is 11.5. The number of nitrogens with zero attached hydrogens (tertiary/aromatic N) is 1. The number of rotatable bonds is 5. The highest BCUT2D eigenvalue weighted by Gasteiger charge is 2.16. The van der Waals surface area contributed by atoms with E-state index in [0.717, 1.165) is 10.9 Å². The quantitative estimate of drug-likeness (QED) is 0.445. The zero-order valence-electron chi connectivity index (χ0n) is 15.3. The van der Waals surface area contributed by atoms with E-state index in [4.69, 9.17) is 11.6 Å². The lowest BCUT2D eigenvalue weighted by Gasteiger charge is -2.09. The van der Waals surface area contributed by atoms with Gasteiger partial charge in [-0.15, -0.1) is 0 Å². The molecule has 0 radical (unpaired) electrons. The Morgan fingerprint density at radius 3 is 2.45 bits per heavy atom. The molecule has 1 heterocycles. The average molecular weight is 426 g/mol. The van der Waals surface area contributed by atoms with E-state index in [0.29, 0.717) is 27.5 Å². The second-order valence-corrected chi connectivity index (χ2v) is 8.59. The highest BCUT2D eigenvalue weighted by Crippen LogP contribution is 2.32. The van der Waals surface area contributed by atoms with Crippen LogP contribution in [0.5, 0.6) is 0 Å². The topological polar surface area (TPSA) is 91.9 Å². The summed E-state index contributed by atoms with van der Waals surface area (Å²) in [4.78, 5) is 11.4. The van der Waals surface area contributed by atoms with E-state index in [1.54, 1.807) is 24.3 Å². The van der Waals surface area contributed by atoms with Gasteiger partial charge in [0, 0.05) is 16.5 Å². The summed E-state index contributed by atoms with van der Waals surface area (Å²) in [5.41, 5.74) is 3.00. The Morgan fingerprint density at radius 1 is 1.03 bits per heavy atom. The molecular formula is C21H16ClN3O3S. The first-order valence-electron chi connectivity index (χ1n) is 8.72. The van der Waals surface area contributed by atoms with Crippen molar-refractivity contribution in [2.24, 2.45) is 0 Å². The summed E-state index contributed by atoms with van der Waals surface area (Å²) in [6.45, 7) is 1.43. The van der Waals surface area contributed by atoms with E-state index < -0.39 is 10.0 Å². The van der Waals surface area contributed by atoms with Crippen LogP contribution in [-0.4, -0.2) is 24.4 Å². The fraction of sp³-hybridized carbons (Fsp3) is 0.0476. The van der Waals surface area contributed by atoms with Gasteiger partial charge in [-0.3, -0.25) is 14.6 Å². The van der Waals surface area contributed by atoms with Crippen LogP contribution in [0.4, 0.5) is 5.69 Å². The monoisotopic (exact) mass is 425 g/mol. The van der Waals surface area contributed by atoms with Crippen molar-refractivity contribution in [1.29, 1.82) is 0 Å². The first-order chi connectivity index (χ1) is 13.8. The van der Waals surface area contributed by atoms with Crippen molar-refractivity contribution in [3.63, 3.8) is 0 Å². The summed E-state index contributed by atoms with van der Waals surface area (Å²) in [7, 11) is -3.79. The number of Topliss-reactive ketones (excluding diaryl/α,β-unsaturated/α-hetero) is 1. The summed E-state index contributed by atoms with van der Waals surface area (Å²) in [5.74, 6) is -0.124. The van der Waals surface area contributed by atoms with E-state index in [1.165, 1.54) is 31.2 Å². The molecule has 0 bridgehead atoms. The van der Waals surface area contributed by atoms with Crippen LogP contribution in [0, 0.1) is 0 Å². The van der Waals surface area contributed by atoms with Gasteiger partial charge >= 0.3 is 0 Å². The summed E-state index contributed by atoms with van der Waals surface area (Å²) >= 11 is 6.27. The minimum absolute atomic E-state index is 0.0731. The molecule has 4 rings (SSSR count). The lowest BCUT2D eigenvalue weighted by Crippen LogP contribution is -2.13. The van der Waals surface area contributed by atoms with Crippen molar-refractivity contribution in [3.05, 3.63) is 77.3 Å². The van der Waals surface area contributed by atoms with Gasteiger partial charge in [0.05, 0.1) is 21.1 Å². The van der Waals surface area contributed by atoms with Crippen LogP contribution in [0.15, 0.2) is 71.6 Å². The second-order valence-electron chi connectivity index (χ2n) is 6.50. The molecule has 0 saturated heterocycles. The summed E-state index contributed by atoms with van der Waals surface area (Å²) in [6.07, 6.45) is 0. The molecule has 1 aromatic heterocycles. The molecule has 146 valence electrons. The third kappa shape index (κ3) is 3.74. The number of anilines is 1. The largest absolute Gasteiger partial charge is 0.295 e. The SMILES string of the molecule is CC(=O)c1ccc(S(=O)(=O)Nc2ccc3c(-c4ccccc4Cl)n[nH]c3c2)cc1. The zero-order chi connectivity index (χ0) is 20.6. The molecule has 0 spiro atoms. The molecule has 0 atom stereocenters. The number of hydrogen-bond donors (Lipinski definition) is 2. The number of benzene rings is 3. The highest BCUT2D eigenvalue weighted by atomic mass is 35.5. The molecule has 0 saturated carbocycles. The van der Waals surface area contributed by atoms with Crippen LogP contribution in [0.2, 0.25) is 5.02 Å². The van der Waals surface area contributed by atoms with Gasteiger partial charge < -0.3 is 0 Å². The maximum absolute atomic E-state index is 12.7. The predicted octanol–water partition coefficient (Wildman–Crippen LogP) is 4.89. The molecule has 8 heteroatoms. The van der Waals surface area contributed by atoms with E-state index in [1.807, 2.05) is 18.2 Å². The smallest absolute Gasteiger partial charge is 0.261 e. The van der Waals surface area contributed by atoms with Gasteiger partial charge in [-0.1, -0.05) is 41.9 Å². The Kier molecular flexibility index (Phi) is 4.86. The number of sulfonamides is 1. The Morgan fingerprint density at radius 2 is 1.76 bits per heavy atom. The first kappa shape index (κ1) is 19.2. The number of aromatic amines is 1. The van der Waals surface area contributed by atoms with Crippen LogP contribution < -0.4 is 4.72 Å². The number of ketones is 1. The standard InChI is InChI=1S/C21H16ClN3O3S/c1-13(26)14-6-9-16(10-7-14)29(27,28)25-15-8-11-18-20(12-15)23-24-21(18)17-4-2-3-5-19(17)22/h2-12,25H,1H3,(H,23,24). The van der Waals surface area contributed by atoms with Gasteiger partial charge in [0.25, 0.3) is 10.0 Å². The van der Waals surface area contributed by atoms with E-state index in [-0.39, 0.29) is 10.7 Å². The molecule has 0 fully saturated rings. The molecule has 6 nitrogen and oxygen atoms in total. The molecule has 4 aromatic rings. The Hall–Kier alpha value is -3.16. The van der Waals surface area contributed by atoms with Crippen LogP contribution in [0.3, 0.4) is 0 Å². The number of H-pyrrole nitrogens is 1. The molecule has 0 unspecified atom stereocenters. The van der Waals surface area contributed by atoms with Crippen LogP contribution in [-0.2, 0) is 10.0 Å². The van der Waals surface area contributed by atoms with Crippen molar-refractivity contribution < 1.29 is 13.2 Å². The lowest BCUT2D eigenvalue weighted by atomic mass is 10.1. The van der Waals surface area contributed by atoms with Crippen molar-refractivity contribution in [2.75, 3.05) is 4.72 Å². The van der Waals surface area contributed by atoms with Crippen molar-refractivity contribution in [1.82, 2.24) is 10.2 Å². The Labute approximate surface area is 172 Å². The molecule has 0 aliphatic heterocycles. The number of carbonyl (C=O) groups is 1. The Balaban J connectivity index is 1.65. The van der Waals surface area contributed by atoms with Crippen molar-refractivity contribution >= 4 is 44.0 Å². The number of aromatic nitrogens is 2. The molecule has 0 aliphatic carbocycles.